The second-order valence-electron chi connectivity index (χ2n) is 4.16. The summed E-state index contributed by atoms with van der Waals surface area (Å²) >= 11 is 0. The van der Waals surface area contributed by atoms with Gasteiger partial charge in [0.15, 0.2) is 0 Å². The van der Waals surface area contributed by atoms with Gasteiger partial charge in [-0.3, -0.25) is 0 Å². The third-order valence-corrected chi connectivity index (χ3v) is 3.04. The Bertz CT molecular complexity index is 471. The average molecular weight is 217 g/mol. The fraction of sp³-hybridized carbons (Fsp3) is 0.385. The number of benzene rings is 1. The van der Waals surface area contributed by atoms with Gasteiger partial charge in [-0.2, -0.15) is 0 Å². The molecule has 3 nitrogen and oxygen atoms in total. The first-order valence-electron chi connectivity index (χ1n) is 5.77. The van der Waals surface area contributed by atoms with Gasteiger partial charge in [-0.25, -0.2) is 0 Å². The van der Waals surface area contributed by atoms with E-state index in [0.29, 0.717) is 6.10 Å². The SMILES string of the molecule is c1cc(OC2CCNCC2)c2ccoc2c1. The Kier molecular flexibility index (Phi) is 2.54. The normalized spacial score (nSPS) is 17.8. The molecule has 1 aliphatic heterocycles. The van der Waals surface area contributed by atoms with Crippen molar-refractivity contribution < 1.29 is 9.15 Å². The van der Waals surface area contributed by atoms with Crippen LogP contribution in [0.25, 0.3) is 11.0 Å². The van der Waals surface area contributed by atoms with E-state index in [9.17, 15) is 0 Å². The molecule has 1 aliphatic rings. The largest absolute Gasteiger partial charge is 0.490 e. The Morgan fingerprint density at radius 3 is 2.94 bits per heavy atom. The van der Waals surface area contributed by atoms with E-state index in [1.54, 1.807) is 6.26 Å². The van der Waals surface area contributed by atoms with Gasteiger partial charge in [0.05, 0.1) is 11.6 Å². The van der Waals surface area contributed by atoms with E-state index >= 15 is 0 Å². The Labute approximate surface area is 94.4 Å². The highest BCUT2D eigenvalue weighted by Gasteiger charge is 2.15. The lowest BCUT2D eigenvalue weighted by molar-refractivity contribution is 0.164. The van der Waals surface area contributed by atoms with E-state index in [-0.39, 0.29) is 0 Å². The van der Waals surface area contributed by atoms with Crippen LogP contribution < -0.4 is 10.1 Å². The average Bonchev–Trinajstić information content (AvgIpc) is 2.80. The predicted molar refractivity (Wildman–Crippen MR) is 62.7 cm³/mol. The van der Waals surface area contributed by atoms with Crippen molar-refractivity contribution in [3.05, 3.63) is 30.5 Å². The summed E-state index contributed by atoms with van der Waals surface area (Å²) < 4.78 is 11.4. The van der Waals surface area contributed by atoms with E-state index in [1.165, 1.54) is 0 Å². The third kappa shape index (κ3) is 1.78. The zero-order valence-electron chi connectivity index (χ0n) is 9.11. The van der Waals surface area contributed by atoms with Gasteiger partial charge in [0, 0.05) is 0 Å². The second-order valence-corrected chi connectivity index (χ2v) is 4.16. The molecule has 0 bridgehead atoms. The van der Waals surface area contributed by atoms with Crippen LogP contribution in [0.1, 0.15) is 12.8 Å². The highest BCUT2D eigenvalue weighted by Crippen LogP contribution is 2.28. The lowest BCUT2D eigenvalue weighted by Gasteiger charge is -2.24. The Morgan fingerprint density at radius 2 is 2.06 bits per heavy atom. The first-order chi connectivity index (χ1) is 7.93. The van der Waals surface area contributed by atoms with Gasteiger partial charge in [-0.1, -0.05) is 6.07 Å². The Balaban J connectivity index is 1.85. The number of rotatable bonds is 2. The number of piperidine rings is 1. The molecule has 0 spiro atoms. The second kappa shape index (κ2) is 4.18. The molecular formula is C13H15NO2. The molecule has 1 saturated heterocycles. The van der Waals surface area contributed by atoms with Crippen molar-refractivity contribution in [1.82, 2.24) is 5.32 Å². The van der Waals surface area contributed by atoms with Crippen molar-refractivity contribution in [2.45, 2.75) is 18.9 Å². The molecular weight excluding hydrogens is 202 g/mol. The molecule has 3 heteroatoms. The summed E-state index contributed by atoms with van der Waals surface area (Å²) in [4.78, 5) is 0. The van der Waals surface area contributed by atoms with Gasteiger partial charge in [-0.15, -0.1) is 0 Å². The first-order valence-corrected chi connectivity index (χ1v) is 5.77. The van der Waals surface area contributed by atoms with Gasteiger partial charge in [0.25, 0.3) is 0 Å². The van der Waals surface area contributed by atoms with Crippen LogP contribution in [0.15, 0.2) is 34.9 Å². The molecule has 84 valence electrons. The standard InChI is InChI=1S/C13H15NO2/c1-2-12-11(6-9-15-12)13(3-1)16-10-4-7-14-8-5-10/h1-3,6,9-10,14H,4-5,7-8H2. The zero-order chi connectivity index (χ0) is 10.8. The van der Waals surface area contributed by atoms with Crippen molar-refractivity contribution in [3.8, 4) is 5.75 Å². The smallest absolute Gasteiger partial charge is 0.137 e. The van der Waals surface area contributed by atoms with E-state index in [2.05, 4.69) is 5.32 Å². The summed E-state index contributed by atoms with van der Waals surface area (Å²) in [5.41, 5.74) is 0.895. The highest BCUT2D eigenvalue weighted by atomic mass is 16.5. The summed E-state index contributed by atoms with van der Waals surface area (Å²) in [5.74, 6) is 0.943. The minimum atomic E-state index is 0.335. The third-order valence-electron chi connectivity index (χ3n) is 3.04. The van der Waals surface area contributed by atoms with Gasteiger partial charge < -0.3 is 14.5 Å². The van der Waals surface area contributed by atoms with Crippen LogP contribution in [0.3, 0.4) is 0 Å². The van der Waals surface area contributed by atoms with Crippen molar-refractivity contribution in [1.29, 1.82) is 0 Å². The first kappa shape index (κ1) is 9.73. The molecule has 1 fully saturated rings. The molecule has 0 radical (unpaired) electrons. The number of hydrogen-bond donors (Lipinski definition) is 1. The van der Waals surface area contributed by atoms with Gasteiger partial charge in [0.2, 0.25) is 0 Å². The van der Waals surface area contributed by atoms with Crippen molar-refractivity contribution >= 4 is 11.0 Å². The molecule has 0 saturated carbocycles. The van der Waals surface area contributed by atoms with E-state index in [1.807, 2.05) is 24.3 Å². The summed E-state index contributed by atoms with van der Waals surface area (Å²) in [7, 11) is 0. The summed E-state index contributed by atoms with van der Waals surface area (Å²) in [5, 5.41) is 4.40. The topological polar surface area (TPSA) is 34.4 Å². The van der Waals surface area contributed by atoms with Gasteiger partial charge in [0.1, 0.15) is 17.4 Å². The van der Waals surface area contributed by atoms with E-state index < -0.39 is 0 Å². The quantitative estimate of drug-likeness (QED) is 0.839. The minimum absolute atomic E-state index is 0.335. The van der Waals surface area contributed by atoms with Crippen LogP contribution in [-0.2, 0) is 0 Å². The van der Waals surface area contributed by atoms with Gasteiger partial charge in [-0.05, 0) is 44.1 Å². The number of nitrogens with one attached hydrogen (secondary N) is 1. The maximum Gasteiger partial charge on any atom is 0.137 e. The van der Waals surface area contributed by atoms with Crippen LogP contribution in [0.5, 0.6) is 5.75 Å². The lowest BCUT2D eigenvalue weighted by atomic mass is 10.1. The molecule has 1 aromatic heterocycles. The maximum absolute atomic E-state index is 6.03. The maximum atomic E-state index is 6.03. The number of ether oxygens (including phenoxy) is 1. The van der Waals surface area contributed by atoms with Crippen LogP contribution in [0, 0.1) is 0 Å². The van der Waals surface area contributed by atoms with Crippen LogP contribution in [0.4, 0.5) is 0 Å². The van der Waals surface area contributed by atoms with Gasteiger partial charge >= 0.3 is 0 Å². The predicted octanol–water partition coefficient (Wildman–Crippen LogP) is 2.56. The summed E-state index contributed by atoms with van der Waals surface area (Å²) in [6.45, 7) is 2.10. The van der Waals surface area contributed by atoms with Crippen LogP contribution in [0.2, 0.25) is 0 Å². The monoisotopic (exact) mass is 217 g/mol. The molecule has 0 amide bonds. The van der Waals surface area contributed by atoms with Crippen LogP contribution >= 0.6 is 0 Å². The molecule has 1 aromatic carbocycles. The van der Waals surface area contributed by atoms with E-state index in [0.717, 1.165) is 42.6 Å². The summed E-state index contributed by atoms with van der Waals surface area (Å²) in [6, 6.07) is 7.92. The Hall–Kier alpha value is -1.48. The number of furan rings is 1. The van der Waals surface area contributed by atoms with Crippen LogP contribution in [-0.4, -0.2) is 19.2 Å². The fourth-order valence-corrected chi connectivity index (χ4v) is 2.16. The minimum Gasteiger partial charge on any atom is -0.490 e. The molecule has 2 heterocycles. The lowest BCUT2D eigenvalue weighted by Crippen LogP contribution is -2.34. The molecule has 3 rings (SSSR count). The molecule has 0 unspecified atom stereocenters. The highest BCUT2D eigenvalue weighted by molar-refractivity contribution is 5.83. The number of hydrogen-bond acceptors (Lipinski definition) is 3. The molecule has 0 atom stereocenters. The van der Waals surface area contributed by atoms with Crippen molar-refractivity contribution in [2.75, 3.05) is 13.1 Å². The van der Waals surface area contributed by atoms with E-state index in [4.69, 9.17) is 9.15 Å². The zero-order valence-corrected chi connectivity index (χ0v) is 9.11. The molecule has 2 aromatic rings. The summed E-state index contributed by atoms with van der Waals surface area (Å²) in [6.07, 6.45) is 4.20. The molecule has 0 aliphatic carbocycles. The molecule has 1 N–H and O–H groups in total. The molecule has 16 heavy (non-hydrogen) atoms. The Morgan fingerprint density at radius 1 is 1.19 bits per heavy atom. The fourth-order valence-electron chi connectivity index (χ4n) is 2.16. The van der Waals surface area contributed by atoms with Crippen molar-refractivity contribution in [3.63, 3.8) is 0 Å². The van der Waals surface area contributed by atoms with Crippen molar-refractivity contribution in [2.24, 2.45) is 0 Å². The number of fused-ring (bicyclic) bond motifs is 1.